The Hall–Kier alpha value is -2.73. The summed E-state index contributed by atoms with van der Waals surface area (Å²) in [6, 6.07) is 16.2. The molecule has 2 rings (SSSR count). The molecular weight excluding hydrogens is 364 g/mol. The van der Waals surface area contributed by atoms with Crippen molar-refractivity contribution in [3.8, 4) is 11.5 Å². The highest BCUT2D eigenvalue weighted by molar-refractivity contribution is 5.79. The fraction of sp³-hybridized carbons (Fsp3) is 0.435. The van der Waals surface area contributed by atoms with Crippen LogP contribution in [0.25, 0.3) is 0 Å². The topological polar surface area (TPSA) is 58.1 Å². The maximum absolute atomic E-state index is 5.96. The predicted octanol–water partition coefficient (Wildman–Crippen LogP) is 3.28. The van der Waals surface area contributed by atoms with Gasteiger partial charge in [-0.25, -0.2) is 4.99 Å². The highest BCUT2D eigenvalue weighted by Crippen LogP contribution is 2.19. The molecule has 1 atom stereocenters. The van der Waals surface area contributed by atoms with Gasteiger partial charge in [0.05, 0.1) is 20.2 Å². The molecule has 6 nitrogen and oxygen atoms in total. The van der Waals surface area contributed by atoms with E-state index in [1.165, 1.54) is 11.1 Å². The maximum atomic E-state index is 5.96. The molecule has 2 N–H and O–H groups in total. The third-order valence-electron chi connectivity index (χ3n) is 4.22. The van der Waals surface area contributed by atoms with Gasteiger partial charge in [-0.3, -0.25) is 0 Å². The zero-order valence-electron chi connectivity index (χ0n) is 18.2. The molecular formula is C23H34N4O2. The molecule has 0 amide bonds. The molecule has 2 aromatic carbocycles. The number of methoxy groups -OCH3 is 1. The van der Waals surface area contributed by atoms with Gasteiger partial charge in [-0.2, -0.15) is 0 Å². The van der Waals surface area contributed by atoms with Crippen LogP contribution in [0.5, 0.6) is 11.5 Å². The first-order valence-corrected chi connectivity index (χ1v) is 10.1. The Morgan fingerprint density at radius 2 is 1.72 bits per heavy atom. The van der Waals surface area contributed by atoms with Crippen molar-refractivity contribution in [3.05, 3.63) is 59.7 Å². The van der Waals surface area contributed by atoms with Gasteiger partial charge in [0.15, 0.2) is 5.96 Å². The lowest BCUT2D eigenvalue weighted by molar-refractivity contribution is 0.223. The summed E-state index contributed by atoms with van der Waals surface area (Å²) in [6.45, 7) is 7.11. The van der Waals surface area contributed by atoms with Gasteiger partial charge in [-0.05, 0) is 51.2 Å². The fourth-order valence-corrected chi connectivity index (χ4v) is 2.82. The van der Waals surface area contributed by atoms with Crippen molar-refractivity contribution in [2.24, 2.45) is 4.99 Å². The van der Waals surface area contributed by atoms with E-state index in [1.807, 2.05) is 31.2 Å². The summed E-state index contributed by atoms with van der Waals surface area (Å²) in [5.41, 5.74) is 2.49. The summed E-state index contributed by atoms with van der Waals surface area (Å²) < 4.78 is 11.2. The van der Waals surface area contributed by atoms with Gasteiger partial charge in [0.2, 0.25) is 0 Å². The van der Waals surface area contributed by atoms with E-state index in [0.717, 1.165) is 30.5 Å². The zero-order valence-corrected chi connectivity index (χ0v) is 18.2. The van der Waals surface area contributed by atoms with Crippen LogP contribution in [-0.4, -0.2) is 51.3 Å². The summed E-state index contributed by atoms with van der Waals surface area (Å²) in [6.07, 6.45) is -0.0173. The number of rotatable bonds is 10. The average Bonchev–Trinajstić information content (AvgIpc) is 2.71. The zero-order chi connectivity index (χ0) is 21.1. The van der Waals surface area contributed by atoms with Crippen LogP contribution < -0.4 is 20.1 Å². The summed E-state index contributed by atoms with van der Waals surface area (Å²) in [5, 5.41) is 6.64. The quantitative estimate of drug-likeness (QED) is 0.475. The molecule has 0 radical (unpaired) electrons. The summed E-state index contributed by atoms with van der Waals surface area (Å²) in [7, 11) is 5.80. The molecule has 158 valence electrons. The van der Waals surface area contributed by atoms with Crippen molar-refractivity contribution in [2.45, 2.75) is 33.0 Å². The first kappa shape index (κ1) is 22.6. The lowest BCUT2D eigenvalue weighted by atomic mass is 10.1. The summed E-state index contributed by atoms with van der Waals surface area (Å²) >= 11 is 0. The molecule has 0 saturated heterocycles. The Balaban J connectivity index is 1.87. The Bertz CT molecular complexity index is 760. The van der Waals surface area contributed by atoms with E-state index in [0.29, 0.717) is 13.1 Å². The van der Waals surface area contributed by atoms with Crippen molar-refractivity contribution in [2.75, 3.05) is 34.3 Å². The van der Waals surface area contributed by atoms with Crippen LogP contribution in [0.4, 0.5) is 0 Å². The number of ether oxygens (including phenoxy) is 2. The lowest BCUT2D eigenvalue weighted by Crippen LogP contribution is -2.41. The predicted molar refractivity (Wildman–Crippen MR) is 120 cm³/mol. The minimum absolute atomic E-state index is 0.0173. The van der Waals surface area contributed by atoms with Crippen LogP contribution in [0.3, 0.4) is 0 Å². The molecule has 0 saturated carbocycles. The van der Waals surface area contributed by atoms with Crippen molar-refractivity contribution < 1.29 is 9.47 Å². The number of nitrogens with zero attached hydrogens (tertiary/aromatic N) is 2. The van der Waals surface area contributed by atoms with Gasteiger partial charge in [-0.1, -0.05) is 30.3 Å². The van der Waals surface area contributed by atoms with E-state index in [4.69, 9.17) is 9.47 Å². The third kappa shape index (κ3) is 8.44. The Kier molecular flexibility index (Phi) is 9.31. The van der Waals surface area contributed by atoms with Gasteiger partial charge in [0.1, 0.15) is 17.6 Å². The van der Waals surface area contributed by atoms with Crippen LogP contribution in [0.1, 0.15) is 25.0 Å². The van der Waals surface area contributed by atoms with Crippen LogP contribution >= 0.6 is 0 Å². The average molecular weight is 399 g/mol. The second-order valence-electron chi connectivity index (χ2n) is 7.24. The molecule has 0 aliphatic carbocycles. The summed E-state index contributed by atoms with van der Waals surface area (Å²) in [4.78, 5) is 6.85. The second kappa shape index (κ2) is 12.0. The molecule has 0 aliphatic heterocycles. The van der Waals surface area contributed by atoms with Gasteiger partial charge in [-0.15, -0.1) is 0 Å². The van der Waals surface area contributed by atoms with Crippen LogP contribution in [-0.2, 0) is 13.1 Å². The first-order valence-electron chi connectivity index (χ1n) is 10.1. The fourth-order valence-electron chi connectivity index (χ4n) is 2.82. The van der Waals surface area contributed by atoms with E-state index in [1.54, 1.807) is 7.11 Å². The normalized spacial score (nSPS) is 12.6. The molecule has 0 fully saturated rings. The Morgan fingerprint density at radius 1 is 1.03 bits per heavy atom. The molecule has 2 aromatic rings. The summed E-state index contributed by atoms with van der Waals surface area (Å²) in [5.74, 6) is 2.36. The molecule has 0 aliphatic rings. The smallest absolute Gasteiger partial charge is 0.191 e. The highest BCUT2D eigenvalue weighted by Gasteiger charge is 2.07. The number of benzene rings is 2. The van der Waals surface area contributed by atoms with E-state index in [-0.39, 0.29) is 6.10 Å². The Morgan fingerprint density at radius 3 is 2.38 bits per heavy atom. The first-order chi connectivity index (χ1) is 14.0. The lowest BCUT2D eigenvalue weighted by Gasteiger charge is -2.18. The van der Waals surface area contributed by atoms with Gasteiger partial charge in [0.25, 0.3) is 0 Å². The largest absolute Gasteiger partial charge is 0.497 e. The minimum atomic E-state index is -0.0173. The molecule has 0 heterocycles. The molecule has 1 unspecified atom stereocenters. The van der Waals surface area contributed by atoms with Crippen LogP contribution in [0.15, 0.2) is 53.5 Å². The molecule has 6 heteroatoms. The van der Waals surface area contributed by atoms with Gasteiger partial charge < -0.3 is 25.0 Å². The number of aliphatic imine (C=N–C) groups is 1. The molecule has 0 aromatic heterocycles. The second-order valence-corrected chi connectivity index (χ2v) is 7.24. The number of hydrogen-bond donors (Lipinski definition) is 2. The van der Waals surface area contributed by atoms with Crippen molar-refractivity contribution >= 4 is 5.96 Å². The van der Waals surface area contributed by atoms with Gasteiger partial charge >= 0.3 is 0 Å². The molecule has 0 spiro atoms. The molecule has 29 heavy (non-hydrogen) atoms. The van der Waals surface area contributed by atoms with Crippen LogP contribution in [0.2, 0.25) is 0 Å². The van der Waals surface area contributed by atoms with Gasteiger partial charge in [0, 0.05) is 19.2 Å². The highest BCUT2D eigenvalue weighted by atomic mass is 16.5. The monoisotopic (exact) mass is 398 g/mol. The van der Waals surface area contributed by atoms with E-state index in [9.17, 15) is 0 Å². The third-order valence-corrected chi connectivity index (χ3v) is 4.22. The van der Waals surface area contributed by atoms with E-state index in [2.05, 4.69) is 65.8 Å². The van der Waals surface area contributed by atoms with Crippen molar-refractivity contribution in [3.63, 3.8) is 0 Å². The SMILES string of the molecule is CCNC(=NCc1ccc(CN(C)C)cc1)NCC(C)Oc1cccc(OC)c1. The molecule has 0 bridgehead atoms. The standard InChI is InChI=1S/C23H34N4O2/c1-6-24-23(26-16-19-10-12-20(13-11-19)17-27(3)4)25-15-18(2)29-22-9-7-8-21(14-22)28-5/h7-14,18H,6,15-17H2,1-5H3,(H2,24,25,26). The Labute approximate surface area is 174 Å². The van der Waals surface area contributed by atoms with Crippen molar-refractivity contribution in [1.29, 1.82) is 0 Å². The number of nitrogens with one attached hydrogen (secondary N) is 2. The minimum Gasteiger partial charge on any atom is -0.497 e. The number of hydrogen-bond acceptors (Lipinski definition) is 4. The number of guanidine groups is 1. The van der Waals surface area contributed by atoms with E-state index < -0.39 is 0 Å². The van der Waals surface area contributed by atoms with E-state index >= 15 is 0 Å². The maximum Gasteiger partial charge on any atom is 0.191 e. The van der Waals surface area contributed by atoms with Crippen molar-refractivity contribution in [1.82, 2.24) is 15.5 Å². The van der Waals surface area contributed by atoms with Crippen LogP contribution in [0, 0.1) is 0 Å².